The van der Waals surface area contributed by atoms with Crippen LogP contribution in [-0.4, -0.2) is 17.8 Å². The summed E-state index contributed by atoms with van der Waals surface area (Å²) in [6.07, 6.45) is -0.558. The fourth-order valence-electron chi connectivity index (χ4n) is 1.42. The van der Waals surface area contributed by atoms with Crippen LogP contribution in [0.1, 0.15) is 18.4 Å². The van der Waals surface area contributed by atoms with Crippen molar-refractivity contribution in [3.8, 4) is 0 Å². The molecule has 1 aromatic rings. The average Bonchev–Trinajstić information content (AvgIpc) is 2.10. The lowest BCUT2D eigenvalue weighted by Gasteiger charge is -2.20. The van der Waals surface area contributed by atoms with Crippen molar-refractivity contribution in [2.45, 2.75) is 18.9 Å². The van der Waals surface area contributed by atoms with Gasteiger partial charge in [0.1, 0.15) is 0 Å². The van der Waals surface area contributed by atoms with Crippen molar-refractivity contribution in [2.24, 2.45) is 5.73 Å². The molecule has 2 nitrogen and oxygen atoms in total. The monoisotopic (exact) mass is 233 g/mol. The van der Waals surface area contributed by atoms with Crippen molar-refractivity contribution in [1.29, 1.82) is 0 Å². The first-order chi connectivity index (χ1) is 6.57. The summed E-state index contributed by atoms with van der Waals surface area (Å²) in [5, 5.41) is 10.6. The highest BCUT2D eigenvalue weighted by atomic mass is 35.5. The van der Waals surface area contributed by atoms with Gasteiger partial charge in [-0.15, -0.1) is 0 Å². The summed E-state index contributed by atoms with van der Waals surface area (Å²) in [6, 6.07) is 5.26. The molecule has 78 valence electrons. The molecule has 2 unspecified atom stereocenters. The highest BCUT2D eigenvalue weighted by Gasteiger charge is 2.20. The van der Waals surface area contributed by atoms with Gasteiger partial charge in [0.25, 0.3) is 0 Å². The third-order valence-corrected chi connectivity index (χ3v) is 2.87. The van der Waals surface area contributed by atoms with Gasteiger partial charge in [0.05, 0.1) is 6.10 Å². The lowest BCUT2D eigenvalue weighted by atomic mass is 9.94. The van der Waals surface area contributed by atoms with Crippen molar-refractivity contribution < 1.29 is 5.11 Å². The first-order valence-electron chi connectivity index (χ1n) is 4.40. The number of benzene rings is 1. The van der Waals surface area contributed by atoms with E-state index < -0.39 is 6.10 Å². The van der Waals surface area contributed by atoms with Crippen LogP contribution in [0.4, 0.5) is 0 Å². The van der Waals surface area contributed by atoms with Crippen LogP contribution in [0.2, 0.25) is 10.0 Å². The fraction of sp³-hybridized carbons (Fsp3) is 0.400. The molecule has 14 heavy (non-hydrogen) atoms. The zero-order valence-corrected chi connectivity index (χ0v) is 9.39. The van der Waals surface area contributed by atoms with E-state index >= 15 is 0 Å². The summed E-state index contributed by atoms with van der Waals surface area (Å²) in [5.74, 6) is -0.212. The van der Waals surface area contributed by atoms with Gasteiger partial charge in [0.2, 0.25) is 0 Å². The van der Waals surface area contributed by atoms with Crippen LogP contribution >= 0.6 is 23.2 Å². The number of aliphatic hydroxyl groups is 1. The quantitative estimate of drug-likeness (QED) is 0.843. The molecule has 1 aromatic carbocycles. The Hall–Kier alpha value is -0.280. The first-order valence-corrected chi connectivity index (χ1v) is 5.15. The predicted octanol–water partition coefficient (Wildman–Crippen LogP) is 2.42. The van der Waals surface area contributed by atoms with Crippen molar-refractivity contribution >= 4 is 23.2 Å². The summed E-state index contributed by atoms with van der Waals surface area (Å²) in [6.45, 7) is 2.00. The third kappa shape index (κ3) is 2.39. The Bertz CT molecular complexity index is 295. The Labute approximate surface area is 93.6 Å². The molecule has 0 aliphatic heterocycles. The van der Waals surface area contributed by atoms with E-state index in [4.69, 9.17) is 28.9 Å². The molecule has 3 N–H and O–H groups in total. The van der Waals surface area contributed by atoms with Gasteiger partial charge >= 0.3 is 0 Å². The molecule has 1 rings (SSSR count). The third-order valence-electron chi connectivity index (χ3n) is 2.21. The second-order valence-corrected chi connectivity index (χ2v) is 4.03. The standard InChI is InChI=1S/C10H13Cl2NO/c1-6(14)7(5-13)10-8(11)3-2-4-9(10)12/h2-4,6-7,14H,5,13H2,1H3. The Morgan fingerprint density at radius 2 is 1.86 bits per heavy atom. The molecule has 0 saturated heterocycles. The van der Waals surface area contributed by atoms with Gasteiger partial charge in [0, 0.05) is 22.5 Å². The topological polar surface area (TPSA) is 46.2 Å². The van der Waals surface area contributed by atoms with Gasteiger partial charge < -0.3 is 10.8 Å². The molecule has 0 aliphatic rings. The minimum Gasteiger partial charge on any atom is -0.393 e. The minimum atomic E-state index is -0.558. The van der Waals surface area contributed by atoms with E-state index in [-0.39, 0.29) is 5.92 Å². The number of hydrogen-bond acceptors (Lipinski definition) is 2. The molecular formula is C10H13Cl2NO. The predicted molar refractivity (Wildman–Crippen MR) is 59.9 cm³/mol. The Morgan fingerprint density at radius 1 is 1.36 bits per heavy atom. The Morgan fingerprint density at radius 3 is 2.21 bits per heavy atom. The van der Waals surface area contributed by atoms with Crippen molar-refractivity contribution in [2.75, 3.05) is 6.54 Å². The minimum absolute atomic E-state index is 0.212. The van der Waals surface area contributed by atoms with Crippen LogP contribution in [0.15, 0.2) is 18.2 Å². The lowest BCUT2D eigenvalue weighted by Crippen LogP contribution is -2.23. The normalized spacial score (nSPS) is 15.2. The van der Waals surface area contributed by atoms with Gasteiger partial charge in [-0.1, -0.05) is 29.3 Å². The van der Waals surface area contributed by atoms with E-state index in [1.165, 1.54) is 0 Å². The number of hydrogen-bond donors (Lipinski definition) is 2. The van der Waals surface area contributed by atoms with E-state index in [0.717, 1.165) is 5.56 Å². The molecule has 0 radical (unpaired) electrons. The Balaban J connectivity index is 3.15. The van der Waals surface area contributed by atoms with Gasteiger partial charge in [-0.25, -0.2) is 0 Å². The molecule has 0 fully saturated rings. The summed E-state index contributed by atoms with van der Waals surface area (Å²) >= 11 is 12.0. The average molecular weight is 234 g/mol. The molecule has 0 heterocycles. The maximum atomic E-state index is 9.52. The van der Waals surface area contributed by atoms with Crippen LogP contribution in [0.5, 0.6) is 0 Å². The summed E-state index contributed by atoms with van der Waals surface area (Å²) in [7, 11) is 0. The molecular weight excluding hydrogens is 221 g/mol. The maximum Gasteiger partial charge on any atom is 0.0593 e. The number of halogens is 2. The van der Waals surface area contributed by atoms with E-state index in [9.17, 15) is 5.11 Å². The summed E-state index contributed by atoms with van der Waals surface area (Å²) < 4.78 is 0. The summed E-state index contributed by atoms with van der Waals surface area (Å²) in [5.41, 5.74) is 6.30. The van der Waals surface area contributed by atoms with Crippen LogP contribution in [0, 0.1) is 0 Å². The van der Waals surface area contributed by atoms with Gasteiger partial charge in [-0.05, 0) is 24.6 Å². The highest BCUT2D eigenvalue weighted by molar-refractivity contribution is 6.36. The van der Waals surface area contributed by atoms with E-state index in [2.05, 4.69) is 0 Å². The number of rotatable bonds is 3. The van der Waals surface area contributed by atoms with Crippen LogP contribution in [0.25, 0.3) is 0 Å². The molecule has 0 bridgehead atoms. The first kappa shape index (κ1) is 11.8. The molecule has 2 atom stereocenters. The highest BCUT2D eigenvalue weighted by Crippen LogP contribution is 2.32. The molecule has 0 aliphatic carbocycles. The van der Waals surface area contributed by atoms with Gasteiger partial charge in [-0.2, -0.15) is 0 Å². The zero-order valence-electron chi connectivity index (χ0n) is 7.87. The van der Waals surface area contributed by atoms with Crippen molar-refractivity contribution in [1.82, 2.24) is 0 Å². The second kappa shape index (κ2) is 4.99. The number of aliphatic hydroxyl groups excluding tert-OH is 1. The maximum absolute atomic E-state index is 9.52. The van der Waals surface area contributed by atoms with E-state index in [1.807, 2.05) is 0 Å². The Kier molecular flexibility index (Phi) is 4.20. The summed E-state index contributed by atoms with van der Waals surface area (Å²) in [4.78, 5) is 0. The van der Waals surface area contributed by atoms with Crippen LogP contribution in [-0.2, 0) is 0 Å². The van der Waals surface area contributed by atoms with E-state index in [0.29, 0.717) is 16.6 Å². The van der Waals surface area contributed by atoms with Crippen LogP contribution < -0.4 is 5.73 Å². The number of nitrogens with two attached hydrogens (primary N) is 1. The van der Waals surface area contributed by atoms with Gasteiger partial charge in [-0.3, -0.25) is 0 Å². The van der Waals surface area contributed by atoms with Gasteiger partial charge in [0.15, 0.2) is 0 Å². The van der Waals surface area contributed by atoms with E-state index in [1.54, 1.807) is 25.1 Å². The van der Waals surface area contributed by atoms with Crippen molar-refractivity contribution in [3.05, 3.63) is 33.8 Å². The molecule has 0 saturated carbocycles. The molecule has 0 amide bonds. The molecule has 0 spiro atoms. The zero-order chi connectivity index (χ0) is 10.7. The SMILES string of the molecule is CC(O)C(CN)c1c(Cl)cccc1Cl. The largest absolute Gasteiger partial charge is 0.393 e. The van der Waals surface area contributed by atoms with Crippen LogP contribution in [0.3, 0.4) is 0 Å². The lowest BCUT2D eigenvalue weighted by molar-refractivity contribution is 0.165. The van der Waals surface area contributed by atoms with Crippen molar-refractivity contribution in [3.63, 3.8) is 0 Å². The smallest absolute Gasteiger partial charge is 0.0593 e. The second-order valence-electron chi connectivity index (χ2n) is 3.22. The fourth-order valence-corrected chi connectivity index (χ4v) is 2.10. The molecule has 4 heteroatoms. The molecule has 0 aromatic heterocycles.